The molecule has 0 aliphatic carbocycles. The zero-order valence-corrected chi connectivity index (χ0v) is 13.7. The van der Waals surface area contributed by atoms with Gasteiger partial charge in [0, 0.05) is 11.8 Å². The van der Waals surface area contributed by atoms with E-state index in [0.29, 0.717) is 22.6 Å². The summed E-state index contributed by atoms with van der Waals surface area (Å²) in [6.07, 6.45) is 1.49. The minimum absolute atomic E-state index is 0. The second kappa shape index (κ2) is 6.86. The molecule has 0 spiro atoms. The number of nitrogens with one attached hydrogen (secondary N) is 1. The van der Waals surface area contributed by atoms with E-state index in [9.17, 15) is 9.18 Å². The Morgan fingerprint density at radius 3 is 2.62 bits per heavy atom. The number of anilines is 1. The van der Waals surface area contributed by atoms with E-state index in [1.165, 1.54) is 18.3 Å². The van der Waals surface area contributed by atoms with Gasteiger partial charge >= 0.3 is 0 Å². The molecule has 0 bridgehead atoms. The number of hydrogen-bond donors (Lipinski definition) is 3. The van der Waals surface area contributed by atoms with Crippen LogP contribution >= 0.6 is 24.0 Å². The fourth-order valence-corrected chi connectivity index (χ4v) is 2.48. The average molecular weight is 368 g/mol. The standard InChI is InChI=1S/C15H11ClFN5O.ClH/c16-10-5-7(17)1-2-8(10)13-9(14(18)23)6-12(21-13)11-3-4-20-15(19)22-11;/h1-6,21H,(H2,18,23)(H2,19,20,22);1H. The Morgan fingerprint density at radius 2 is 2.00 bits per heavy atom. The number of hydrogen-bond acceptors (Lipinski definition) is 4. The number of nitrogens with zero attached hydrogens (tertiary/aromatic N) is 2. The number of carbonyl (C=O) groups excluding carboxylic acids is 1. The highest BCUT2D eigenvalue weighted by Crippen LogP contribution is 2.33. The number of nitrogen functional groups attached to an aromatic ring is 1. The molecule has 3 rings (SSSR count). The molecule has 1 aromatic carbocycles. The van der Waals surface area contributed by atoms with E-state index in [0.717, 1.165) is 6.07 Å². The molecule has 0 atom stereocenters. The molecule has 3 aromatic rings. The summed E-state index contributed by atoms with van der Waals surface area (Å²) in [7, 11) is 0. The second-order valence-electron chi connectivity index (χ2n) is 4.76. The highest BCUT2D eigenvalue weighted by atomic mass is 35.5. The molecular weight excluding hydrogens is 356 g/mol. The Kier molecular flexibility index (Phi) is 5.06. The van der Waals surface area contributed by atoms with E-state index >= 15 is 0 Å². The van der Waals surface area contributed by atoms with Crippen molar-refractivity contribution in [2.24, 2.45) is 5.73 Å². The first-order valence-electron chi connectivity index (χ1n) is 6.53. The molecule has 0 fully saturated rings. The third kappa shape index (κ3) is 3.32. The van der Waals surface area contributed by atoms with Crippen molar-refractivity contribution in [3.05, 3.63) is 52.9 Å². The lowest BCUT2D eigenvalue weighted by molar-refractivity contribution is 0.100. The van der Waals surface area contributed by atoms with E-state index in [2.05, 4.69) is 15.0 Å². The highest BCUT2D eigenvalue weighted by Gasteiger charge is 2.18. The molecule has 6 nitrogen and oxygen atoms in total. The van der Waals surface area contributed by atoms with Gasteiger partial charge in [0.2, 0.25) is 5.95 Å². The van der Waals surface area contributed by atoms with E-state index in [4.69, 9.17) is 23.1 Å². The van der Waals surface area contributed by atoms with Crippen molar-refractivity contribution in [2.45, 2.75) is 0 Å². The zero-order valence-electron chi connectivity index (χ0n) is 12.1. The molecule has 9 heteroatoms. The quantitative estimate of drug-likeness (QED) is 0.660. The summed E-state index contributed by atoms with van der Waals surface area (Å²) >= 11 is 6.06. The maximum atomic E-state index is 13.2. The van der Waals surface area contributed by atoms with Crippen LogP contribution in [0.5, 0.6) is 0 Å². The van der Waals surface area contributed by atoms with Gasteiger partial charge in [-0.25, -0.2) is 14.4 Å². The van der Waals surface area contributed by atoms with Gasteiger partial charge in [0.1, 0.15) is 5.82 Å². The molecule has 5 N–H and O–H groups in total. The first kappa shape index (κ1) is 17.7. The van der Waals surface area contributed by atoms with Gasteiger partial charge in [-0.1, -0.05) is 11.6 Å². The van der Waals surface area contributed by atoms with E-state index in [1.807, 2.05) is 0 Å². The summed E-state index contributed by atoms with van der Waals surface area (Å²) in [6.45, 7) is 0. The lowest BCUT2D eigenvalue weighted by Gasteiger charge is -2.04. The summed E-state index contributed by atoms with van der Waals surface area (Å²) in [5.74, 6) is -1.03. The molecule has 2 heterocycles. The summed E-state index contributed by atoms with van der Waals surface area (Å²) in [5.41, 5.74) is 13.0. The zero-order chi connectivity index (χ0) is 16.6. The molecule has 1 amide bonds. The smallest absolute Gasteiger partial charge is 0.250 e. The van der Waals surface area contributed by atoms with Crippen molar-refractivity contribution >= 4 is 35.9 Å². The van der Waals surface area contributed by atoms with Gasteiger partial charge in [0.15, 0.2) is 0 Å². The van der Waals surface area contributed by atoms with Crippen LogP contribution in [0.2, 0.25) is 5.02 Å². The Bertz CT molecular complexity index is 913. The SMILES string of the molecule is Cl.NC(=O)c1cc(-c2ccnc(N)n2)[nH]c1-c1ccc(F)cc1Cl. The molecular formula is C15H12Cl2FN5O. The molecule has 24 heavy (non-hydrogen) atoms. The Hall–Kier alpha value is -2.64. The number of nitrogens with two attached hydrogens (primary N) is 2. The largest absolute Gasteiger partial charge is 0.368 e. The Morgan fingerprint density at radius 1 is 1.25 bits per heavy atom. The first-order chi connectivity index (χ1) is 11.0. The van der Waals surface area contributed by atoms with Gasteiger partial charge in [-0.2, -0.15) is 0 Å². The van der Waals surface area contributed by atoms with E-state index < -0.39 is 11.7 Å². The average Bonchev–Trinajstić information content (AvgIpc) is 2.92. The van der Waals surface area contributed by atoms with Crippen LogP contribution in [0.25, 0.3) is 22.6 Å². The van der Waals surface area contributed by atoms with Gasteiger partial charge in [-0.05, 0) is 30.3 Å². The predicted octanol–water partition coefficient (Wildman–Crippen LogP) is 3.03. The van der Waals surface area contributed by atoms with Crippen molar-refractivity contribution in [2.75, 3.05) is 5.73 Å². The number of halogens is 3. The maximum absolute atomic E-state index is 13.2. The van der Waals surface area contributed by atoms with Crippen LogP contribution in [-0.4, -0.2) is 20.9 Å². The van der Waals surface area contributed by atoms with Crippen LogP contribution in [0.3, 0.4) is 0 Å². The number of primary amides is 1. The maximum Gasteiger partial charge on any atom is 0.250 e. The normalized spacial score (nSPS) is 10.2. The van der Waals surface area contributed by atoms with Gasteiger partial charge in [0.25, 0.3) is 5.91 Å². The van der Waals surface area contributed by atoms with Crippen LogP contribution in [-0.2, 0) is 0 Å². The lowest BCUT2D eigenvalue weighted by Crippen LogP contribution is -2.11. The number of H-pyrrole nitrogens is 1. The van der Waals surface area contributed by atoms with Crippen LogP contribution in [0, 0.1) is 5.82 Å². The number of carbonyl (C=O) groups is 1. The Balaban J connectivity index is 0.00000208. The fraction of sp³-hybridized carbons (Fsp3) is 0. The second-order valence-corrected chi connectivity index (χ2v) is 5.17. The minimum Gasteiger partial charge on any atom is -0.368 e. The topological polar surface area (TPSA) is 111 Å². The number of rotatable bonds is 3. The van der Waals surface area contributed by atoms with Crippen LogP contribution < -0.4 is 11.5 Å². The van der Waals surface area contributed by atoms with Crippen LogP contribution in [0.15, 0.2) is 36.5 Å². The summed E-state index contributed by atoms with van der Waals surface area (Å²) in [6, 6.07) is 7.04. The lowest BCUT2D eigenvalue weighted by atomic mass is 10.1. The van der Waals surface area contributed by atoms with Gasteiger partial charge in [0.05, 0.1) is 27.7 Å². The van der Waals surface area contributed by atoms with E-state index in [1.54, 1.807) is 12.1 Å². The first-order valence-corrected chi connectivity index (χ1v) is 6.90. The number of aromatic amines is 1. The summed E-state index contributed by atoms with van der Waals surface area (Å²) in [5, 5.41) is 0.156. The van der Waals surface area contributed by atoms with Gasteiger partial charge < -0.3 is 16.5 Å². The van der Waals surface area contributed by atoms with Gasteiger partial charge in [-0.3, -0.25) is 4.79 Å². The van der Waals surface area contributed by atoms with Crippen molar-refractivity contribution in [3.8, 4) is 22.6 Å². The summed E-state index contributed by atoms with van der Waals surface area (Å²) < 4.78 is 13.2. The molecule has 0 unspecified atom stereocenters. The molecule has 0 saturated heterocycles. The highest BCUT2D eigenvalue weighted by molar-refractivity contribution is 6.33. The number of aromatic nitrogens is 3. The monoisotopic (exact) mass is 367 g/mol. The third-order valence-electron chi connectivity index (χ3n) is 3.23. The van der Waals surface area contributed by atoms with Crippen LogP contribution in [0.1, 0.15) is 10.4 Å². The molecule has 2 aromatic heterocycles. The summed E-state index contributed by atoms with van der Waals surface area (Å²) in [4.78, 5) is 22.6. The van der Waals surface area contributed by atoms with E-state index in [-0.39, 0.29) is 28.9 Å². The van der Waals surface area contributed by atoms with Crippen molar-refractivity contribution in [1.82, 2.24) is 15.0 Å². The molecule has 124 valence electrons. The molecule has 0 radical (unpaired) electrons. The fourth-order valence-electron chi connectivity index (χ4n) is 2.22. The predicted molar refractivity (Wildman–Crippen MR) is 92.4 cm³/mol. The number of benzene rings is 1. The van der Waals surface area contributed by atoms with Crippen molar-refractivity contribution in [3.63, 3.8) is 0 Å². The van der Waals surface area contributed by atoms with Crippen molar-refractivity contribution in [1.29, 1.82) is 0 Å². The van der Waals surface area contributed by atoms with Crippen LogP contribution in [0.4, 0.5) is 10.3 Å². The molecule has 0 saturated carbocycles. The molecule has 0 aliphatic heterocycles. The minimum atomic E-state index is -0.648. The van der Waals surface area contributed by atoms with Gasteiger partial charge in [-0.15, -0.1) is 12.4 Å². The third-order valence-corrected chi connectivity index (χ3v) is 3.55. The van der Waals surface area contributed by atoms with Crippen molar-refractivity contribution < 1.29 is 9.18 Å². The Labute approximate surface area is 147 Å². The number of amides is 1. The molecule has 0 aliphatic rings.